The van der Waals surface area contributed by atoms with Crippen molar-refractivity contribution in [1.29, 1.82) is 0 Å². The Morgan fingerprint density at radius 2 is 2.05 bits per heavy atom. The molecule has 116 valence electrons. The first-order valence-electron chi connectivity index (χ1n) is 8.32. The second kappa shape index (κ2) is 5.67. The Bertz CT molecular complexity index is 361. The SMILES string of the molecule is CCC(C)NC(=O)CCNC1C2(C)CCC(C2)C1(C)C. The first-order chi connectivity index (χ1) is 9.29. The van der Waals surface area contributed by atoms with Crippen LogP contribution >= 0.6 is 0 Å². The normalized spacial score (nSPS) is 36.0. The maximum Gasteiger partial charge on any atom is 0.221 e. The lowest BCUT2D eigenvalue weighted by Crippen LogP contribution is -2.51. The largest absolute Gasteiger partial charge is 0.354 e. The quantitative estimate of drug-likeness (QED) is 0.785. The molecule has 0 aromatic carbocycles. The minimum absolute atomic E-state index is 0.179. The minimum atomic E-state index is 0.179. The molecule has 2 aliphatic carbocycles. The first-order valence-corrected chi connectivity index (χ1v) is 8.32. The maximum absolute atomic E-state index is 11.8. The standard InChI is InChI=1S/C17H32N2O/c1-6-12(2)19-14(20)8-10-18-15-16(3,4)13-7-9-17(15,5)11-13/h12-13,15,18H,6-11H2,1-5H3,(H,19,20). The number of carbonyl (C=O) groups excluding carboxylic acids is 1. The summed E-state index contributed by atoms with van der Waals surface area (Å²) in [5, 5.41) is 6.75. The predicted molar refractivity (Wildman–Crippen MR) is 83.5 cm³/mol. The second-order valence-corrected chi connectivity index (χ2v) is 7.93. The summed E-state index contributed by atoms with van der Waals surface area (Å²) < 4.78 is 0. The van der Waals surface area contributed by atoms with Crippen LogP contribution in [0.1, 0.15) is 66.7 Å². The van der Waals surface area contributed by atoms with Gasteiger partial charge in [-0.15, -0.1) is 0 Å². The van der Waals surface area contributed by atoms with E-state index < -0.39 is 0 Å². The van der Waals surface area contributed by atoms with Crippen LogP contribution in [-0.4, -0.2) is 24.5 Å². The predicted octanol–water partition coefficient (Wildman–Crippen LogP) is 3.10. The van der Waals surface area contributed by atoms with Gasteiger partial charge in [0.1, 0.15) is 0 Å². The third-order valence-electron chi connectivity index (χ3n) is 5.99. The zero-order valence-corrected chi connectivity index (χ0v) is 13.9. The Balaban J connectivity index is 1.81. The molecular formula is C17H32N2O. The number of hydrogen-bond donors (Lipinski definition) is 2. The van der Waals surface area contributed by atoms with Crippen LogP contribution in [0.4, 0.5) is 0 Å². The van der Waals surface area contributed by atoms with Crippen LogP contribution in [0.3, 0.4) is 0 Å². The molecule has 2 fully saturated rings. The van der Waals surface area contributed by atoms with Crippen LogP contribution in [0.15, 0.2) is 0 Å². The van der Waals surface area contributed by atoms with Crippen molar-refractivity contribution in [2.75, 3.05) is 6.54 Å². The van der Waals surface area contributed by atoms with E-state index in [1.54, 1.807) is 0 Å². The molecular weight excluding hydrogens is 248 g/mol. The molecule has 3 heteroatoms. The fraction of sp³-hybridized carbons (Fsp3) is 0.941. The lowest BCUT2D eigenvalue weighted by molar-refractivity contribution is -0.121. The molecule has 0 aliphatic heterocycles. The molecule has 0 spiro atoms. The van der Waals surface area contributed by atoms with Crippen molar-refractivity contribution in [2.45, 2.75) is 78.8 Å². The van der Waals surface area contributed by atoms with E-state index in [0.29, 0.717) is 29.3 Å². The van der Waals surface area contributed by atoms with Crippen molar-refractivity contribution >= 4 is 5.91 Å². The van der Waals surface area contributed by atoms with E-state index >= 15 is 0 Å². The summed E-state index contributed by atoms with van der Waals surface area (Å²) in [7, 11) is 0. The molecule has 1 amide bonds. The van der Waals surface area contributed by atoms with Gasteiger partial charge in [0, 0.05) is 25.0 Å². The molecule has 0 radical (unpaired) electrons. The molecule has 20 heavy (non-hydrogen) atoms. The van der Waals surface area contributed by atoms with Gasteiger partial charge in [-0.05, 0) is 49.4 Å². The topological polar surface area (TPSA) is 41.1 Å². The Morgan fingerprint density at radius 3 is 2.60 bits per heavy atom. The van der Waals surface area contributed by atoms with Crippen LogP contribution < -0.4 is 10.6 Å². The molecule has 0 aromatic rings. The van der Waals surface area contributed by atoms with E-state index in [1.165, 1.54) is 19.3 Å². The van der Waals surface area contributed by atoms with Crippen LogP contribution in [0, 0.1) is 16.7 Å². The lowest BCUT2D eigenvalue weighted by Gasteiger charge is -2.43. The lowest BCUT2D eigenvalue weighted by atomic mass is 9.68. The summed E-state index contributed by atoms with van der Waals surface area (Å²) in [5.41, 5.74) is 0.821. The minimum Gasteiger partial charge on any atom is -0.354 e. The van der Waals surface area contributed by atoms with Crippen molar-refractivity contribution in [2.24, 2.45) is 16.7 Å². The summed E-state index contributed by atoms with van der Waals surface area (Å²) >= 11 is 0. The first kappa shape index (κ1) is 15.8. The van der Waals surface area contributed by atoms with Crippen molar-refractivity contribution in [1.82, 2.24) is 10.6 Å². The molecule has 4 atom stereocenters. The number of rotatable bonds is 6. The number of carbonyl (C=O) groups is 1. The summed E-state index contributed by atoms with van der Waals surface area (Å²) in [6.07, 6.45) is 5.68. The van der Waals surface area contributed by atoms with E-state index in [4.69, 9.17) is 0 Å². The van der Waals surface area contributed by atoms with Gasteiger partial charge in [-0.3, -0.25) is 4.79 Å². The third-order valence-corrected chi connectivity index (χ3v) is 5.99. The van der Waals surface area contributed by atoms with Crippen molar-refractivity contribution < 1.29 is 4.79 Å². The van der Waals surface area contributed by atoms with Gasteiger partial charge in [-0.25, -0.2) is 0 Å². The fourth-order valence-corrected chi connectivity index (χ4v) is 4.59. The average Bonchev–Trinajstić information content (AvgIpc) is 2.84. The molecule has 3 nitrogen and oxygen atoms in total. The molecule has 2 saturated carbocycles. The van der Waals surface area contributed by atoms with Crippen molar-refractivity contribution in [3.8, 4) is 0 Å². The van der Waals surface area contributed by atoms with Gasteiger partial charge in [0.15, 0.2) is 0 Å². The van der Waals surface area contributed by atoms with E-state index in [1.807, 2.05) is 0 Å². The van der Waals surface area contributed by atoms with Gasteiger partial charge < -0.3 is 10.6 Å². The summed E-state index contributed by atoms with van der Waals surface area (Å²) in [5.74, 6) is 1.04. The highest BCUT2D eigenvalue weighted by Crippen LogP contribution is 2.62. The molecule has 2 rings (SSSR count). The van der Waals surface area contributed by atoms with Gasteiger partial charge in [0.05, 0.1) is 0 Å². The molecule has 2 aliphatic rings. The van der Waals surface area contributed by atoms with Crippen LogP contribution in [-0.2, 0) is 4.79 Å². The summed E-state index contributed by atoms with van der Waals surface area (Å²) in [4.78, 5) is 11.8. The van der Waals surface area contributed by atoms with Gasteiger partial charge in [-0.1, -0.05) is 27.7 Å². The summed E-state index contributed by atoms with van der Waals surface area (Å²) in [6, 6.07) is 0.851. The molecule has 4 unspecified atom stereocenters. The smallest absolute Gasteiger partial charge is 0.221 e. The number of fused-ring (bicyclic) bond motifs is 2. The van der Waals surface area contributed by atoms with Gasteiger partial charge in [0.25, 0.3) is 0 Å². The molecule has 0 saturated heterocycles. The zero-order chi connectivity index (χ0) is 15.0. The molecule has 0 aromatic heterocycles. The van der Waals surface area contributed by atoms with E-state index in [2.05, 4.69) is 45.3 Å². The molecule has 2 bridgehead atoms. The van der Waals surface area contributed by atoms with Gasteiger partial charge >= 0.3 is 0 Å². The van der Waals surface area contributed by atoms with E-state index in [-0.39, 0.29) is 5.91 Å². The second-order valence-electron chi connectivity index (χ2n) is 7.93. The van der Waals surface area contributed by atoms with E-state index in [0.717, 1.165) is 18.9 Å². The van der Waals surface area contributed by atoms with Crippen LogP contribution in [0.2, 0.25) is 0 Å². The highest BCUT2D eigenvalue weighted by atomic mass is 16.1. The summed E-state index contributed by atoms with van der Waals surface area (Å²) in [6.45, 7) is 12.2. The molecule has 2 N–H and O–H groups in total. The average molecular weight is 280 g/mol. The van der Waals surface area contributed by atoms with Crippen LogP contribution in [0.5, 0.6) is 0 Å². The van der Waals surface area contributed by atoms with E-state index in [9.17, 15) is 4.79 Å². The van der Waals surface area contributed by atoms with Gasteiger partial charge in [0.2, 0.25) is 5.91 Å². The number of amides is 1. The Labute approximate surface area is 124 Å². The van der Waals surface area contributed by atoms with Crippen molar-refractivity contribution in [3.05, 3.63) is 0 Å². The highest BCUT2D eigenvalue weighted by Gasteiger charge is 2.58. The van der Waals surface area contributed by atoms with Crippen LogP contribution in [0.25, 0.3) is 0 Å². The monoisotopic (exact) mass is 280 g/mol. The Hall–Kier alpha value is -0.570. The Morgan fingerprint density at radius 1 is 1.35 bits per heavy atom. The third kappa shape index (κ3) is 2.88. The molecule has 0 heterocycles. The zero-order valence-electron chi connectivity index (χ0n) is 13.9. The highest BCUT2D eigenvalue weighted by molar-refractivity contribution is 5.76. The Kier molecular flexibility index (Phi) is 4.48. The van der Waals surface area contributed by atoms with Gasteiger partial charge in [-0.2, -0.15) is 0 Å². The number of hydrogen-bond acceptors (Lipinski definition) is 2. The number of nitrogens with one attached hydrogen (secondary N) is 2. The maximum atomic E-state index is 11.8. The fourth-order valence-electron chi connectivity index (χ4n) is 4.59. The van der Waals surface area contributed by atoms with Crippen molar-refractivity contribution in [3.63, 3.8) is 0 Å².